The highest BCUT2D eigenvalue weighted by atomic mass is 32.1. The van der Waals surface area contributed by atoms with Crippen LogP contribution >= 0.6 is 11.3 Å². The zero-order valence-corrected chi connectivity index (χ0v) is 11.4. The van der Waals surface area contributed by atoms with E-state index in [2.05, 4.69) is 29.6 Å². The molecule has 0 aliphatic heterocycles. The fraction of sp³-hybridized carbons (Fsp3) is 0.400. The van der Waals surface area contributed by atoms with Crippen molar-refractivity contribution in [1.29, 1.82) is 0 Å². The monoisotopic (exact) mass is 258 g/mol. The first-order chi connectivity index (χ1) is 8.74. The third-order valence-electron chi connectivity index (χ3n) is 3.70. The van der Waals surface area contributed by atoms with Crippen molar-refractivity contribution in [2.45, 2.75) is 38.1 Å². The summed E-state index contributed by atoms with van der Waals surface area (Å²) in [5.41, 5.74) is 9.92. The molecule has 1 aliphatic carbocycles. The Morgan fingerprint density at radius 2 is 2.11 bits per heavy atom. The van der Waals surface area contributed by atoms with Crippen molar-refractivity contribution in [3.05, 3.63) is 51.5 Å². The van der Waals surface area contributed by atoms with Crippen molar-refractivity contribution in [3.8, 4) is 0 Å². The molecule has 2 atom stereocenters. The second-order valence-electron chi connectivity index (χ2n) is 5.11. The Morgan fingerprint density at radius 1 is 1.33 bits per heavy atom. The van der Waals surface area contributed by atoms with Crippen molar-refractivity contribution in [3.63, 3.8) is 0 Å². The van der Waals surface area contributed by atoms with Crippen LogP contribution in [-0.2, 0) is 12.8 Å². The van der Waals surface area contributed by atoms with Crippen LogP contribution in [0.5, 0.6) is 0 Å². The maximum Gasteiger partial charge on any atom is 0.0963 e. The molecule has 1 heterocycles. The van der Waals surface area contributed by atoms with Crippen LogP contribution in [0.25, 0.3) is 0 Å². The van der Waals surface area contributed by atoms with E-state index in [-0.39, 0.29) is 6.04 Å². The third-order valence-corrected chi connectivity index (χ3v) is 4.73. The second-order valence-corrected chi connectivity index (χ2v) is 6.00. The van der Waals surface area contributed by atoms with Crippen LogP contribution in [0.4, 0.5) is 0 Å². The van der Waals surface area contributed by atoms with Crippen LogP contribution < -0.4 is 5.73 Å². The van der Waals surface area contributed by atoms with Gasteiger partial charge in [0.1, 0.15) is 0 Å². The van der Waals surface area contributed by atoms with Gasteiger partial charge in [0.05, 0.1) is 10.7 Å². The lowest BCUT2D eigenvalue weighted by Gasteiger charge is -2.22. The normalized spacial score (nSPS) is 20.4. The van der Waals surface area contributed by atoms with E-state index < -0.39 is 0 Å². The summed E-state index contributed by atoms with van der Waals surface area (Å²) in [5, 5.41) is 3.37. The van der Waals surface area contributed by atoms with Gasteiger partial charge in [-0.1, -0.05) is 24.3 Å². The summed E-state index contributed by atoms with van der Waals surface area (Å²) < 4.78 is 0. The largest absolute Gasteiger partial charge is 0.323 e. The predicted molar refractivity (Wildman–Crippen MR) is 75.9 cm³/mol. The number of rotatable bonds is 2. The Morgan fingerprint density at radius 3 is 2.83 bits per heavy atom. The third kappa shape index (κ3) is 2.20. The van der Waals surface area contributed by atoms with E-state index >= 15 is 0 Å². The number of nitrogens with two attached hydrogens (primary N) is 1. The van der Waals surface area contributed by atoms with Gasteiger partial charge >= 0.3 is 0 Å². The minimum absolute atomic E-state index is 0.0471. The molecule has 3 heteroatoms. The van der Waals surface area contributed by atoms with E-state index in [1.165, 1.54) is 29.0 Å². The molecule has 0 bridgehead atoms. The van der Waals surface area contributed by atoms with Crippen molar-refractivity contribution in [2.24, 2.45) is 5.73 Å². The van der Waals surface area contributed by atoms with Crippen LogP contribution in [-0.4, -0.2) is 4.98 Å². The van der Waals surface area contributed by atoms with Gasteiger partial charge in [0, 0.05) is 17.3 Å². The molecule has 0 radical (unpaired) electrons. The van der Waals surface area contributed by atoms with Crippen LogP contribution in [0.1, 0.15) is 47.1 Å². The highest BCUT2D eigenvalue weighted by Crippen LogP contribution is 2.34. The summed E-state index contributed by atoms with van der Waals surface area (Å²) in [5.74, 6) is 0.581. The molecule has 2 unspecified atom stereocenters. The van der Waals surface area contributed by atoms with Crippen molar-refractivity contribution >= 4 is 11.3 Å². The zero-order chi connectivity index (χ0) is 12.5. The number of hydrogen-bond acceptors (Lipinski definition) is 3. The number of benzene rings is 1. The van der Waals surface area contributed by atoms with Gasteiger partial charge in [0.15, 0.2) is 0 Å². The first-order valence-electron chi connectivity index (χ1n) is 6.51. The summed E-state index contributed by atoms with van der Waals surface area (Å²) in [7, 11) is 0. The Kier molecular flexibility index (Phi) is 3.18. The molecular weight excluding hydrogens is 240 g/mol. The quantitative estimate of drug-likeness (QED) is 0.896. The van der Waals surface area contributed by atoms with Gasteiger partial charge in [-0.3, -0.25) is 0 Å². The summed E-state index contributed by atoms with van der Waals surface area (Å²) in [4.78, 5) is 4.70. The highest BCUT2D eigenvalue weighted by molar-refractivity contribution is 7.09. The molecule has 2 aromatic rings. The summed E-state index contributed by atoms with van der Waals surface area (Å²) in [6.45, 7) is 2.00. The van der Waals surface area contributed by atoms with E-state index in [9.17, 15) is 0 Å². The summed E-state index contributed by atoms with van der Waals surface area (Å²) in [6.07, 6.45) is 3.51. The first kappa shape index (κ1) is 11.9. The molecule has 3 rings (SSSR count). The van der Waals surface area contributed by atoms with E-state index in [1.54, 1.807) is 11.3 Å². The molecule has 18 heavy (non-hydrogen) atoms. The van der Waals surface area contributed by atoms with Crippen LogP contribution in [0.15, 0.2) is 29.6 Å². The number of nitrogens with zero attached hydrogens (tertiary/aromatic N) is 1. The van der Waals surface area contributed by atoms with E-state index in [1.807, 2.05) is 6.92 Å². The van der Waals surface area contributed by atoms with Gasteiger partial charge in [-0.2, -0.15) is 0 Å². The smallest absolute Gasteiger partial charge is 0.0963 e. The van der Waals surface area contributed by atoms with Crippen LogP contribution in [0.3, 0.4) is 0 Å². The standard InChI is InChI=1S/C15H18N2S/c1-10(16)14-9-18-15(17-14)13-7-6-11-4-2-3-5-12(11)8-13/h2-5,9-10,13H,6-8,16H2,1H3. The Bertz CT molecular complexity index is 545. The Balaban J connectivity index is 1.83. The molecule has 1 aliphatic rings. The maximum absolute atomic E-state index is 5.88. The lowest BCUT2D eigenvalue weighted by Crippen LogP contribution is -2.13. The molecule has 94 valence electrons. The van der Waals surface area contributed by atoms with Crippen molar-refractivity contribution in [1.82, 2.24) is 4.98 Å². The Hall–Kier alpha value is -1.19. The average Bonchev–Trinajstić information content (AvgIpc) is 2.88. The van der Waals surface area contributed by atoms with Crippen LogP contribution in [0.2, 0.25) is 0 Å². The molecule has 0 saturated heterocycles. The molecule has 1 aromatic carbocycles. The number of aryl methyl sites for hydroxylation is 1. The van der Waals surface area contributed by atoms with Gasteiger partial charge in [-0.05, 0) is 37.3 Å². The van der Waals surface area contributed by atoms with Crippen molar-refractivity contribution in [2.75, 3.05) is 0 Å². The Labute approximate surface area is 112 Å². The molecule has 1 aromatic heterocycles. The molecular formula is C15H18N2S. The van der Waals surface area contributed by atoms with E-state index in [0.29, 0.717) is 5.92 Å². The average molecular weight is 258 g/mol. The lowest BCUT2D eigenvalue weighted by atomic mass is 9.84. The molecule has 0 saturated carbocycles. The molecule has 0 spiro atoms. The fourth-order valence-electron chi connectivity index (χ4n) is 2.61. The number of thiazole rings is 1. The summed E-state index contributed by atoms with van der Waals surface area (Å²) in [6, 6.07) is 8.82. The van der Waals surface area contributed by atoms with E-state index in [4.69, 9.17) is 10.7 Å². The summed E-state index contributed by atoms with van der Waals surface area (Å²) >= 11 is 1.77. The fourth-order valence-corrected chi connectivity index (χ4v) is 3.67. The molecule has 2 N–H and O–H groups in total. The molecule has 0 amide bonds. The number of aromatic nitrogens is 1. The van der Waals surface area contributed by atoms with Gasteiger partial charge in [0.2, 0.25) is 0 Å². The lowest BCUT2D eigenvalue weighted by molar-refractivity contribution is 0.578. The topological polar surface area (TPSA) is 38.9 Å². The first-order valence-corrected chi connectivity index (χ1v) is 7.39. The van der Waals surface area contributed by atoms with Crippen LogP contribution in [0, 0.1) is 0 Å². The SMILES string of the molecule is CC(N)c1csc(C2CCc3ccccc3C2)n1. The van der Waals surface area contributed by atoms with Gasteiger partial charge in [-0.25, -0.2) is 4.98 Å². The predicted octanol–water partition coefficient (Wildman–Crippen LogP) is 3.44. The van der Waals surface area contributed by atoms with Gasteiger partial charge < -0.3 is 5.73 Å². The van der Waals surface area contributed by atoms with Gasteiger partial charge in [-0.15, -0.1) is 11.3 Å². The zero-order valence-electron chi connectivity index (χ0n) is 10.6. The minimum Gasteiger partial charge on any atom is -0.323 e. The highest BCUT2D eigenvalue weighted by Gasteiger charge is 2.22. The van der Waals surface area contributed by atoms with Crippen molar-refractivity contribution < 1.29 is 0 Å². The van der Waals surface area contributed by atoms with E-state index in [0.717, 1.165) is 12.1 Å². The second kappa shape index (κ2) is 4.82. The number of fused-ring (bicyclic) bond motifs is 1. The number of hydrogen-bond donors (Lipinski definition) is 1. The van der Waals surface area contributed by atoms with Gasteiger partial charge in [0.25, 0.3) is 0 Å². The maximum atomic E-state index is 5.88. The molecule has 0 fully saturated rings. The minimum atomic E-state index is 0.0471. The molecule has 2 nitrogen and oxygen atoms in total.